The molecule has 0 aromatic heterocycles. The van der Waals surface area contributed by atoms with Gasteiger partial charge >= 0.3 is 6.18 Å². The van der Waals surface area contributed by atoms with Crippen LogP contribution in [0, 0.1) is 35.0 Å². The van der Waals surface area contributed by atoms with E-state index in [1.165, 1.54) is 25.0 Å². The molecule has 1 aromatic carbocycles. The van der Waals surface area contributed by atoms with Crippen LogP contribution in [0.4, 0.5) is 18.9 Å². The molecule has 0 radical (unpaired) electrons. The number of anilines is 1. The van der Waals surface area contributed by atoms with E-state index in [2.05, 4.69) is 0 Å². The second-order valence-electron chi connectivity index (χ2n) is 9.99. The molecule has 1 aliphatic carbocycles. The minimum Gasteiger partial charge on any atom is -0.370 e. The van der Waals surface area contributed by atoms with Crippen LogP contribution in [-0.4, -0.2) is 42.9 Å². The molecule has 6 nitrogen and oxygen atoms in total. The maximum atomic E-state index is 13.4. The van der Waals surface area contributed by atoms with Gasteiger partial charge in [0, 0.05) is 38.3 Å². The second-order valence-corrected chi connectivity index (χ2v) is 9.99. The van der Waals surface area contributed by atoms with Gasteiger partial charge < -0.3 is 15.5 Å². The van der Waals surface area contributed by atoms with E-state index in [0.717, 1.165) is 31.7 Å². The summed E-state index contributed by atoms with van der Waals surface area (Å²) in [6.07, 6.45) is 2.18. The first kappa shape index (κ1) is 24.4. The number of primary amides is 1. The van der Waals surface area contributed by atoms with E-state index in [4.69, 9.17) is 11.0 Å². The van der Waals surface area contributed by atoms with Crippen molar-refractivity contribution in [3.05, 3.63) is 29.3 Å². The highest BCUT2D eigenvalue weighted by molar-refractivity contribution is 5.79. The number of hydrogen-bond donors (Lipinski definition) is 1. The molecule has 34 heavy (non-hydrogen) atoms. The van der Waals surface area contributed by atoms with Gasteiger partial charge in [-0.25, -0.2) is 0 Å². The van der Waals surface area contributed by atoms with Gasteiger partial charge in [-0.3, -0.25) is 9.59 Å². The van der Waals surface area contributed by atoms with E-state index >= 15 is 0 Å². The van der Waals surface area contributed by atoms with Crippen LogP contribution in [-0.2, 0) is 15.8 Å². The van der Waals surface area contributed by atoms with Gasteiger partial charge in [0.25, 0.3) is 0 Å². The molecule has 0 unspecified atom stereocenters. The fraction of sp³-hybridized carbons (Fsp3) is 0.640. The summed E-state index contributed by atoms with van der Waals surface area (Å²) < 4.78 is 40.3. The van der Waals surface area contributed by atoms with Gasteiger partial charge in [-0.05, 0) is 61.6 Å². The average molecular weight is 477 g/mol. The summed E-state index contributed by atoms with van der Waals surface area (Å²) in [6, 6.07) is 5.27. The number of nitrogens with two attached hydrogens (primary N) is 1. The zero-order chi connectivity index (χ0) is 24.5. The molecule has 0 bridgehead atoms. The smallest absolute Gasteiger partial charge is 0.370 e. The highest BCUT2D eigenvalue weighted by Gasteiger charge is 2.43. The summed E-state index contributed by atoms with van der Waals surface area (Å²) >= 11 is 0. The van der Waals surface area contributed by atoms with Gasteiger partial charge in [0.1, 0.15) is 0 Å². The normalized spacial score (nSPS) is 24.4. The molecule has 2 heterocycles. The van der Waals surface area contributed by atoms with E-state index in [1.54, 1.807) is 11.0 Å². The highest BCUT2D eigenvalue weighted by Crippen LogP contribution is 2.40. The van der Waals surface area contributed by atoms with Gasteiger partial charge in [-0.1, -0.05) is 12.8 Å². The first-order valence-corrected chi connectivity index (χ1v) is 12.1. The van der Waals surface area contributed by atoms with Crippen LogP contribution in [0.3, 0.4) is 0 Å². The highest BCUT2D eigenvalue weighted by atomic mass is 19.4. The van der Waals surface area contributed by atoms with Crippen molar-refractivity contribution < 1.29 is 22.8 Å². The van der Waals surface area contributed by atoms with Crippen molar-refractivity contribution in [2.45, 2.75) is 51.1 Å². The third-order valence-electron chi connectivity index (χ3n) is 7.96. The van der Waals surface area contributed by atoms with Crippen molar-refractivity contribution in [2.24, 2.45) is 29.4 Å². The van der Waals surface area contributed by atoms with E-state index in [0.29, 0.717) is 37.7 Å². The molecule has 1 saturated carbocycles. The lowest BCUT2D eigenvalue weighted by Crippen LogP contribution is -2.43. The Morgan fingerprint density at radius 1 is 1.09 bits per heavy atom. The molecule has 0 spiro atoms. The number of rotatable bonds is 5. The number of amides is 2. The number of carbonyl (C=O) groups is 2. The van der Waals surface area contributed by atoms with E-state index in [-0.39, 0.29) is 24.3 Å². The third-order valence-corrected chi connectivity index (χ3v) is 7.96. The zero-order valence-electron chi connectivity index (χ0n) is 19.2. The van der Waals surface area contributed by atoms with Crippen LogP contribution in [0.25, 0.3) is 0 Å². The lowest BCUT2D eigenvalue weighted by Gasteiger charge is -2.36. The fourth-order valence-electron chi connectivity index (χ4n) is 6.05. The van der Waals surface area contributed by atoms with Crippen molar-refractivity contribution >= 4 is 17.5 Å². The van der Waals surface area contributed by atoms with Crippen molar-refractivity contribution in [1.82, 2.24) is 4.90 Å². The number of nitrogens with zero attached hydrogens (tertiary/aromatic N) is 3. The van der Waals surface area contributed by atoms with Crippen molar-refractivity contribution in [3.8, 4) is 6.07 Å². The molecule has 4 rings (SSSR count). The van der Waals surface area contributed by atoms with E-state index in [1.807, 2.05) is 4.90 Å². The number of nitriles is 1. The Bertz CT molecular complexity index is 960. The number of carbonyl (C=O) groups excluding carboxylic acids is 2. The first-order valence-electron chi connectivity index (χ1n) is 12.1. The van der Waals surface area contributed by atoms with Gasteiger partial charge in [0.2, 0.25) is 11.8 Å². The maximum absolute atomic E-state index is 13.4. The quantitative estimate of drug-likeness (QED) is 0.697. The molecule has 2 saturated heterocycles. The van der Waals surface area contributed by atoms with E-state index in [9.17, 15) is 22.8 Å². The summed E-state index contributed by atoms with van der Waals surface area (Å²) in [5, 5.41) is 9.05. The van der Waals surface area contributed by atoms with Crippen LogP contribution in [0.5, 0.6) is 0 Å². The number of benzene rings is 1. The Kier molecular flexibility index (Phi) is 7.06. The van der Waals surface area contributed by atoms with Gasteiger partial charge in [0.15, 0.2) is 0 Å². The number of hydrogen-bond acceptors (Lipinski definition) is 4. The van der Waals surface area contributed by atoms with Crippen molar-refractivity contribution in [3.63, 3.8) is 0 Å². The molecule has 2 atom stereocenters. The molecule has 2 N–H and O–H groups in total. The van der Waals surface area contributed by atoms with Crippen LogP contribution < -0.4 is 10.6 Å². The van der Waals surface area contributed by atoms with E-state index < -0.39 is 29.1 Å². The Morgan fingerprint density at radius 2 is 1.76 bits per heavy atom. The van der Waals surface area contributed by atoms with Gasteiger partial charge in [0.05, 0.1) is 23.1 Å². The first-order chi connectivity index (χ1) is 16.2. The summed E-state index contributed by atoms with van der Waals surface area (Å²) in [5.41, 5.74) is 4.64. The molecule has 3 fully saturated rings. The van der Waals surface area contributed by atoms with Crippen LogP contribution >= 0.6 is 0 Å². The van der Waals surface area contributed by atoms with Crippen LogP contribution in [0.15, 0.2) is 18.2 Å². The molecule has 9 heteroatoms. The topological polar surface area (TPSA) is 90.4 Å². The van der Waals surface area contributed by atoms with Crippen LogP contribution in [0.2, 0.25) is 0 Å². The Balaban J connectivity index is 1.43. The van der Waals surface area contributed by atoms with Gasteiger partial charge in [-0.2, -0.15) is 18.4 Å². The number of piperidine rings is 1. The fourth-order valence-corrected chi connectivity index (χ4v) is 6.05. The average Bonchev–Trinajstić information content (AvgIpc) is 3.48. The predicted octanol–water partition coefficient (Wildman–Crippen LogP) is 3.93. The maximum Gasteiger partial charge on any atom is 0.417 e. The lowest BCUT2D eigenvalue weighted by atomic mass is 9.78. The molecule has 2 amide bonds. The minimum absolute atomic E-state index is 0.0745. The van der Waals surface area contributed by atoms with Crippen molar-refractivity contribution in [2.75, 3.05) is 31.1 Å². The third kappa shape index (κ3) is 5.16. The number of halogens is 3. The Hall–Kier alpha value is -2.76. The molecular weight excluding hydrogens is 445 g/mol. The SMILES string of the molecule is N#Cc1ccc(N2C[C@@H](C(N)=O)[C@H](C3CCN(C(=O)CC4CCCC4)CC3)C2)cc1C(F)(F)F. The zero-order valence-corrected chi connectivity index (χ0v) is 19.2. The molecule has 1 aromatic rings. The number of likely N-dealkylation sites (tertiary alicyclic amines) is 1. The predicted molar refractivity (Wildman–Crippen MR) is 120 cm³/mol. The largest absolute Gasteiger partial charge is 0.417 e. The molecule has 184 valence electrons. The van der Waals surface area contributed by atoms with Crippen molar-refractivity contribution in [1.29, 1.82) is 5.26 Å². The molecular formula is C25H31F3N4O2. The standard InChI is InChI=1S/C25H31F3N4O2/c26-25(27,28)22-12-19(6-5-18(22)13-29)32-14-20(21(15-32)24(30)34)17-7-9-31(10-8-17)23(33)11-16-3-1-2-4-16/h5-6,12,16-17,20-21H,1-4,7-11,14-15H2,(H2,30,34)/t20-,21+/m0/s1. The Morgan fingerprint density at radius 3 is 2.35 bits per heavy atom. The molecule has 2 aliphatic heterocycles. The monoisotopic (exact) mass is 476 g/mol. The summed E-state index contributed by atoms with van der Waals surface area (Å²) in [5.74, 6) is -0.0929. The lowest BCUT2D eigenvalue weighted by molar-refractivity contribution is -0.137. The van der Waals surface area contributed by atoms with Crippen LogP contribution in [0.1, 0.15) is 56.1 Å². The summed E-state index contributed by atoms with van der Waals surface area (Å²) in [4.78, 5) is 28.6. The summed E-state index contributed by atoms with van der Waals surface area (Å²) in [6.45, 7) is 1.97. The minimum atomic E-state index is -4.64. The Labute approximate surface area is 197 Å². The van der Waals surface area contributed by atoms with Gasteiger partial charge in [-0.15, -0.1) is 0 Å². The number of alkyl halides is 3. The summed E-state index contributed by atoms with van der Waals surface area (Å²) in [7, 11) is 0. The second kappa shape index (κ2) is 9.85. The molecule has 3 aliphatic rings.